The molecule has 0 radical (unpaired) electrons. The van der Waals surface area contributed by atoms with Gasteiger partial charge in [-0.15, -0.1) is 0 Å². The number of nitrogens with zero attached hydrogens (tertiary/aromatic N) is 4. The predicted octanol–water partition coefficient (Wildman–Crippen LogP) is 35.9. The van der Waals surface area contributed by atoms with Gasteiger partial charge in [-0.25, -0.2) is 0 Å². The van der Waals surface area contributed by atoms with Gasteiger partial charge in [0.05, 0.1) is 50.1 Å². The van der Waals surface area contributed by atoms with Gasteiger partial charge < -0.3 is 18.9 Å². The van der Waals surface area contributed by atoms with Gasteiger partial charge in [0.2, 0.25) is 0 Å². The highest BCUT2D eigenvalue weighted by Gasteiger charge is 2.48. The summed E-state index contributed by atoms with van der Waals surface area (Å²) in [5.41, 5.74) is 32.0. The first-order valence-corrected chi connectivity index (χ1v) is 50.1. The third-order valence-electron chi connectivity index (χ3n) is 29.5. The van der Waals surface area contributed by atoms with Crippen LogP contribution in [-0.2, 0) is 65.0 Å². The van der Waals surface area contributed by atoms with Crippen LogP contribution in [0.1, 0.15) is 327 Å². The van der Waals surface area contributed by atoms with Gasteiger partial charge in [-0.2, -0.15) is 0 Å². The molecule has 137 heavy (non-hydrogen) atoms. The summed E-state index contributed by atoms with van der Waals surface area (Å²) in [7, 11) is 0. The lowest BCUT2D eigenvalue weighted by Gasteiger charge is -2.46. The molecule has 0 unspecified atom stereocenters. The summed E-state index contributed by atoms with van der Waals surface area (Å²) >= 11 is 0. The first kappa shape index (κ1) is 85.7. The number of hydrogen-bond acceptors (Lipinski definition) is 2. The Bertz CT molecular complexity index is 7850. The van der Waals surface area contributed by atoms with Crippen LogP contribution < -0.4 is 26.2 Å². The number of anilines is 6. The highest BCUT2D eigenvalue weighted by molar-refractivity contribution is 7.00. The van der Waals surface area contributed by atoms with Crippen LogP contribution in [0.4, 0.5) is 34.1 Å². The maximum atomic E-state index is 10.7. The van der Waals surface area contributed by atoms with Crippen molar-refractivity contribution in [1.29, 1.82) is 0 Å². The third-order valence-corrected chi connectivity index (χ3v) is 29.5. The Morgan fingerprint density at radius 1 is 0.212 bits per heavy atom. The monoisotopic (exact) mass is 1810 g/mol. The van der Waals surface area contributed by atoms with Crippen LogP contribution in [0.15, 0.2) is 261 Å². The van der Waals surface area contributed by atoms with Gasteiger partial charge in [-0.1, -0.05) is 419 Å². The minimum Gasteiger partial charge on any atom is -0.310 e. The van der Waals surface area contributed by atoms with Gasteiger partial charge in [-0.3, -0.25) is 0 Å². The fourth-order valence-corrected chi connectivity index (χ4v) is 21.0. The van der Waals surface area contributed by atoms with Crippen LogP contribution in [0.25, 0.3) is 111 Å². The quantitative estimate of drug-likeness (QED) is 0.134. The van der Waals surface area contributed by atoms with E-state index in [1.54, 1.807) is 4.57 Å². The van der Waals surface area contributed by atoms with Gasteiger partial charge in [0.1, 0.15) is 0 Å². The number of aromatic nitrogens is 2. The summed E-state index contributed by atoms with van der Waals surface area (Å²) in [5.74, 6) is 0. The van der Waals surface area contributed by atoms with E-state index >= 15 is 0 Å². The van der Waals surface area contributed by atoms with Crippen LogP contribution in [0, 0.1) is 0 Å². The summed E-state index contributed by atoms with van der Waals surface area (Å²) in [5, 5.41) is 2.28. The maximum Gasteiger partial charge on any atom is 0.252 e. The van der Waals surface area contributed by atoms with E-state index in [0.29, 0.717) is 5.69 Å². The van der Waals surface area contributed by atoms with E-state index in [-0.39, 0.29) is 65.1 Å². The summed E-state index contributed by atoms with van der Waals surface area (Å²) in [4.78, 5) is 5.22. The number of fused-ring (bicyclic) bond motifs is 10. The zero-order valence-corrected chi connectivity index (χ0v) is 89.1. The Kier molecular flexibility index (Phi) is 20.3. The molecule has 0 amide bonds. The van der Waals surface area contributed by atoms with Crippen LogP contribution in [0.3, 0.4) is 0 Å². The fraction of sp³-hybridized carbons (Fsp3) is 0.364. The molecule has 0 bridgehead atoms. The van der Waals surface area contributed by atoms with Gasteiger partial charge in [0, 0.05) is 72.2 Å². The summed E-state index contributed by atoms with van der Waals surface area (Å²) < 4.78 is 85.9. The van der Waals surface area contributed by atoms with Crippen LogP contribution in [0.5, 0.6) is 0 Å². The molecule has 702 valence electrons. The molecule has 0 spiro atoms. The normalized spacial score (nSPS) is 14.8. The van der Waals surface area contributed by atoms with E-state index in [1.807, 2.05) is 0 Å². The second kappa shape index (κ2) is 32.5. The SMILES string of the molecule is [2H]c1c([2H])c([2H])c2c(c1[2H])c1c([2H])c([2H])c([2H])c([2H])c1n2-c1cc2c3c(c1)N(c1c(-c4cc(C(C)(C)C)cc(C(C)(C)C)c4)cc(C(C)(C)C)cc1-c1ccccc1C(C)(C)C)c1cc(-n4c5ccc(C(C)(C)C)cc5c5cc(C(C)(C)C)ccc54)ccc1B3c1ccc(-c3cc(C(C)(C)C)cc(C(C)(C)C)c3)cc1N2c1c(-c2ccc(C(C)(C)C)cc2)cc(C(C)(C)C)cc1-c1cc(C(C)(C)C)ccc1C(C)(C)C. The van der Waals surface area contributed by atoms with Crippen molar-refractivity contribution in [1.82, 2.24) is 9.13 Å². The second-order valence-electron chi connectivity index (χ2n) is 52.4. The minimum absolute atomic E-state index is 0.0116. The molecule has 0 fully saturated rings. The summed E-state index contributed by atoms with van der Waals surface area (Å²) in [6, 6.07) is 79.8. The molecular weight excluding hydrogens is 1650 g/mol. The first-order chi connectivity index (χ1) is 66.8. The lowest BCUT2D eigenvalue weighted by atomic mass is 9.33. The van der Waals surface area contributed by atoms with Gasteiger partial charge in [0.15, 0.2) is 0 Å². The zero-order chi connectivity index (χ0) is 106. The number of para-hydroxylation sites is 2. The van der Waals surface area contributed by atoms with Crippen molar-refractivity contribution in [2.24, 2.45) is 0 Å². The molecule has 4 nitrogen and oxygen atoms in total. The Balaban J connectivity index is 1.17. The smallest absolute Gasteiger partial charge is 0.252 e. The Morgan fingerprint density at radius 3 is 0.993 bits per heavy atom. The van der Waals surface area contributed by atoms with Crippen molar-refractivity contribution >= 4 is 101 Å². The third kappa shape index (κ3) is 17.3. The summed E-state index contributed by atoms with van der Waals surface area (Å²) in [6.45, 7) is 82.8. The van der Waals surface area contributed by atoms with Crippen molar-refractivity contribution in [2.45, 2.75) is 314 Å². The van der Waals surface area contributed by atoms with E-state index in [1.165, 1.54) is 44.5 Å². The molecule has 0 aliphatic carbocycles. The molecular formula is C132H151BN4. The average Bonchev–Trinajstić information content (AvgIpc) is 0.823. The van der Waals surface area contributed by atoms with E-state index in [9.17, 15) is 11.0 Å². The Labute approximate surface area is 834 Å². The Hall–Kier alpha value is -11.7. The summed E-state index contributed by atoms with van der Waals surface area (Å²) in [6.07, 6.45) is 0. The molecule has 18 rings (SSSR count). The average molecular weight is 1810 g/mol. The molecule has 5 heteroatoms. The predicted molar refractivity (Wildman–Crippen MR) is 601 cm³/mol. The van der Waals surface area contributed by atoms with Crippen LogP contribution in [0.2, 0.25) is 0 Å². The standard InChI is InChI=1S/C132H151BN4/c1-121(2,3)84-52-49-80(50-53-84)99-73-92(129(25,26)27)76-105(101-70-85(122(4,5)6)54-58-107(101)132(34,35)36)119(99)136-114-67-81(82-63-88(125(13,14)15)68-89(64-82)126(16,17)18)51-59-108(114)133-109-60-57-94(134-112-61-55-86(123(7,8)9)71-102(112)103-72-87(124(10,11)12)56-62-113(103)134)77-115(109)137(117-79-95(78-116(136)118(117)133)135-110-47-41-38-44-97(110)98-45-39-42-48-111(98)135)120-100(83-65-90(127(19,20)21)69-91(66-83)128(22,23)24)74-93(130(28,29)30)75-104(120)96-43-37-40-46-106(96)131(31,32)33/h37-79H,1-36H3/i38D,39D,41D,42D,44D,45D,47D,48D. The van der Waals surface area contributed by atoms with Crippen LogP contribution in [-0.4, -0.2) is 15.8 Å². The molecule has 4 heterocycles. The van der Waals surface area contributed by atoms with Gasteiger partial charge in [-0.05, 0) is 272 Å². The lowest BCUT2D eigenvalue weighted by molar-refractivity contribution is 0.568. The molecule has 0 saturated carbocycles. The topological polar surface area (TPSA) is 16.3 Å². The van der Waals surface area contributed by atoms with E-state index in [0.717, 1.165) is 156 Å². The molecule has 2 aliphatic rings. The van der Waals surface area contributed by atoms with Crippen molar-refractivity contribution in [3.63, 3.8) is 0 Å². The van der Waals surface area contributed by atoms with Crippen LogP contribution >= 0.6 is 0 Å². The minimum atomic E-state index is -0.624. The van der Waals surface area contributed by atoms with E-state index in [4.69, 9.17) is 0 Å². The molecule has 0 atom stereocenters. The largest absolute Gasteiger partial charge is 0.310 e. The highest BCUT2D eigenvalue weighted by atomic mass is 15.2. The van der Waals surface area contributed by atoms with Crippen molar-refractivity contribution in [3.05, 3.63) is 327 Å². The fourth-order valence-electron chi connectivity index (χ4n) is 21.0. The molecule has 16 aromatic rings. The lowest BCUT2D eigenvalue weighted by Crippen LogP contribution is -2.61. The molecule has 0 N–H and O–H groups in total. The second-order valence-corrected chi connectivity index (χ2v) is 52.4. The molecule has 2 aliphatic heterocycles. The highest BCUT2D eigenvalue weighted by Crippen LogP contribution is 2.59. The zero-order valence-electron chi connectivity index (χ0n) is 97.1. The molecule has 2 aromatic heterocycles. The van der Waals surface area contributed by atoms with Crippen molar-refractivity contribution < 1.29 is 11.0 Å². The van der Waals surface area contributed by atoms with E-state index < -0.39 is 76.7 Å². The maximum absolute atomic E-state index is 10.7. The van der Waals surface area contributed by atoms with Crippen molar-refractivity contribution in [2.75, 3.05) is 9.80 Å². The van der Waals surface area contributed by atoms with Gasteiger partial charge >= 0.3 is 0 Å². The molecule has 0 saturated heterocycles. The number of benzene rings is 14. The van der Waals surface area contributed by atoms with Gasteiger partial charge in [0.25, 0.3) is 6.71 Å². The van der Waals surface area contributed by atoms with E-state index in [2.05, 4.69) is 476 Å². The Morgan fingerprint density at radius 2 is 0.547 bits per heavy atom. The number of rotatable bonds is 9. The van der Waals surface area contributed by atoms with Crippen molar-refractivity contribution in [3.8, 4) is 67.0 Å². The first-order valence-electron chi connectivity index (χ1n) is 54.1. The molecule has 14 aromatic carbocycles. The number of hydrogen-bond donors (Lipinski definition) is 0.